The quantitative estimate of drug-likeness (QED) is 0.592. The predicted octanol–water partition coefficient (Wildman–Crippen LogP) is 4.19. The highest BCUT2D eigenvalue weighted by Crippen LogP contribution is 2.27. The van der Waals surface area contributed by atoms with Gasteiger partial charge >= 0.3 is 0 Å². The second kappa shape index (κ2) is 8.10. The minimum absolute atomic E-state index is 0.0217. The van der Waals surface area contributed by atoms with Gasteiger partial charge < -0.3 is 10.6 Å². The van der Waals surface area contributed by atoms with Gasteiger partial charge in [0.1, 0.15) is 5.69 Å². The lowest BCUT2D eigenvalue weighted by molar-refractivity contribution is -0.383. The molecule has 0 saturated carbocycles. The van der Waals surface area contributed by atoms with E-state index in [1.165, 1.54) is 18.2 Å². The summed E-state index contributed by atoms with van der Waals surface area (Å²) in [6, 6.07) is 11.2. The first-order chi connectivity index (χ1) is 11.4. The number of nitrogens with one attached hydrogen (secondary N) is 2. The Morgan fingerprint density at radius 2 is 1.96 bits per heavy atom. The molecule has 0 bridgehead atoms. The van der Waals surface area contributed by atoms with E-state index in [9.17, 15) is 14.9 Å². The van der Waals surface area contributed by atoms with Crippen LogP contribution in [0.25, 0.3) is 0 Å². The fraction of sp³-hybridized carbons (Fsp3) is 0.188. The number of hydrogen-bond donors (Lipinski definition) is 2. The molecule has 0 aliphatic rings. The second-order valence-corrected chi connectivity index (χ2v) is 5.93. The molecule has 0 saturated heterocycles. The van der Waals surface area contributed by atoms with Gasteiger partial charge in [0.05, 0.1) is 11.5 Å². The fourth-order valence-electron chi connectivity index (χ4n) is 2.14. The monoisotopic (exact) mass is 367 g/mol. The Labute approximate surface area is 148 Å². The van der Waals surface area contributed by atoms with Gasteiger partial charge in [-0.25, -0.2) is 0 Å². The third-order valence-electron chi connectivity index (χ3n) is 3.37. The minimum atomic E-state index is -0.596. The Hall–Kier alpha value is -2.15. The van der Waals surface area contributed by atoms with Crippen LogP contribution in [0.15, 0.2) is 42.5 Å². The van der Waals surface area contributed by atoms with Gasteiger partial charge in [-0.1, -0.05) is 41.4 Å². The molecule has 2 aromatic carbocycles. The van der Waals surface area contributed by atoms with Gasteiger partial charge in [-0.3, -0.25) is 14.9 Å². The number of amides is 1. The smallest absolute Gasteiger partial charge is 0.294 e. The lowest BCUT2D eigenvalue weighted by atomic mass is 10.1. The molecule has 24 heavy (non-hydrogen) atoms. The van der Waals surface area contributed by atoms with Crippen LogP contribution in [0.4, 0.5) is 11.4 Å². The summed E-state index contributed by atoms with van der Waals surface area (Å²) in [7, 11) is 0. The van der Waals surface area contributed by atoms with Crippen molar-refractivity contribution in [1.82, 2.24) is 5.32 Å². The number of carbonyl (C=O) groups is 1. The Balaban J connectivity index is 1.99. The maximum atomic E-state index is 12.0. The minimum Gasteiger partial charge on any atom is -0.319 e. The van der Waals surface area contributed by atoms with Gasteiger partial charge in [-0.05, 0) is 30.7 Å². The van der Waals surface area contributed by atoms with Crippen LogP contribution in [0.2, 0.25) is 10.0 Å². The first kappa shape index (κ1) is 18.2. The molecule has 2 aromatic rings. The van der Waals surface area contributed by atoms with Crippen molar-refractivity contribution < 1.29 is 9.72 Å². The van der Waals surface area contributed by atoms with E-state index in [2.05, 4.69) is 10.6 Å². The third kappa shape index (κ3) is 4.67. The molecule has 2 rings (SSSR count). The SMILES string of the molecule is CC(NCC(=O)Nc1ccc(Cl)cc1[N+](=O)[O-])c1ccccc1Cl. The number of nitrogens with zero attached hydrogens (tertiary/aromatic N) is 1. The lowest BCUT2D eigenvalue weighted by Gasteiger charge is -2.15. The largest absolute Gasteiger partial charge is 0.319 e. The zero-order valence-electron chi connectivity index (χ0n) is 12.8. The molecule has 1 atom stereocenters. The highest BCUT2D eigenvalue weighted by atomic mass is 35.5. The van der Waals surface area contributed by atoms with Crippen molar-refractivity contribution in [2.45, 2.75) is 13.0 Å². The van der Waals surface area contributed by atoms with Crippen molar-refractivity contribution in [1.29, 1.82) is 0 Å². The molecule has 0 aromatic heterocycles. The number of nitro groups is 1. The molecule has 2 N–H and O–H groups in total. The van der Waals surface area contributed by atoms with E-state index < -0.39 is 10.8 Å². The Bertz CT molecular complexity index is 768. The number of halogens is 2. The van der Waals surface area contributed by atoms with Crippen LogP contribution in [-0.2, 0) is 4.79 Å². The van der Waals surface area contributed by atoms with E-state index in [0.717, 1.165) is 5.56 Å². The van der Waals surface area contributed by atoms with E-state index in [1.54, 1.807) is 6.07 Å². The van der Waals surface area contributed by atoms with Gasteiger partial charge in [-0.2, -0.15) is 0 Å². The van der Waals surface area contributed by atoms with Crippen molar-refractivity contribution in [3.8, 4) is 0 Å². The van der Waals surface area contributed by atoms with Gasteiger partial charge in [0, 0.05) is 22.2 Å². The normalized spacial score (nSPS) is 11.8. The van der Waals surface area contributed by atoms with E-state index in [-0.39, 0.29) is 29.0 Å². The maximum absolute atomic E-state index is 12.0. The summed E-state index contributed by atoms with van der Waals surface area (Å²) in [5, 5.41) is 17.4. The molecular weight excluding hydrogens is 353 g/mol. The first-order valence-electron chi connectivity index (χ1n) is 7.10. The van der Waals surface area contributed by atoms with E-state index in [4.69, 9.17) is 23.2 Å². The number of benzene rings is 2. The van der Waals surface area contributed by atoms with Gasteiger partial charge in [0.2, 0.25) is 5.91 Å². The first-order valence-corrected chi connectivity index (χ1v) is 7.85. The molecule has 0 aliphatic carbocycles. The van der Waals surface area contributed by atoms with Crippen molar-refractivity contribution in [3.63, 3.8) is 0 Å². The number of hydrogen-bond acceptors (Lipinski definition) is 4. The van der Waals surface area contributed by atoms with Crippen LogP contribution >= 0.6 is 23.2 Å². The fourth-order valence-corrected chi connectivity index (χ4v) is 2.60. The summed E-state index contributed by atoms with van der Waals surface area (Å²) in [5.41, 5.74) is 0.709. The molecule has 0 fully saturated rings. The van der Waals surface area contributed by atoms with Crippen LogP contribution in [0.1, 0.15) is 18.5 Å². The summed E-state index contributed by atoms with van der Waals surface area (Å²) < 4.78 is 0. The summed E-state index contributed by atoms with van der Waals surface area (Å²) in [6.45, 7) is 1.85. The van der Waals surface area contributed by atoms with Gasteiger partial charge in [-0.15, -0.1) is 0 Å². The van der Waals surface area contributed by atoms with Gasteiger partial charge in [0.15, 0.2) is 0 Å². The van der Waals surface area contributed by atoms with Crippen LogP contribution in [-0.4, -0.2) is 17.4 Å². The van der Waals surface area contributed by atoms with E-state index in [0.29, 0.717) is 5.02 Å². The number of carbonyl (C=O) groups excluding carboxylic acids is 1. The zero-order chi connectivity index (χ0) is 17.7. The third-order valence-corrected chi connectivity index (χ3v) is 3.95. The molecule has 8 heteroatoms. The standard InChI is InChI=1S/C16H15Cl2N3O3/c1-10(12-4-2-3-5-13(12)18)19-9-16(22)20-14-7-6-11(17)8-15(14)21(23)24/h2-8,10,19H,9H2,1H3,(H,20,22). The van der Waals surface area contributed by atoms with Crippen LogP contribution in [0, 0.1) is 10.1 Å². The molecule has 1 unspecified atom stereocenters. The van der Waals surface area contributed by atoms with Crippen molar-refractivity contribution in [2.75, 3.05) is 11.9 Å². The molecule has 0 spiro atoms. The average Bonchev–Trinajstić information content (AvgIpc) is 2.54. The zero-order valence-corrected chi connectivity index (χ0v) is 14.3. The second-order valence-electron chi connectivity index (χ2n) is 5.09. The topological polar surface area (TPSA) is 84.3 Å². The maximum Gasteiger partial charge on any atom is 0.294 e. The molecule has 0 heterocycles. The van der Waals surface area contributed by atoms with Crippen molar-refractivity contribution >= 4 is 40.5 Å². The van der Waals surface area contributed by atoms with Crippen LogP contribution in [0.3, 0.4) is 0 Å². The average molecular weight is 368 g/mol. The van der Waals surface area contributed by atoms with Crippen molar-refractivity contribution in [3.05, 3.63) is 68.2 Å². The lowest BCUT2D eigenvalue weighted by Crippen LogP contribution is -2.30. The number of nitro benzene ring substituents is 1. The molecule has 126 valence electrons. The summed E-state index contributed by atoms with van der Waals surface area (Å²) in [6.07, 6.45) is 0. The summed E-state index contributed by atoms with van der Waals surface area (Å²) in [5.74, 6) is -0.403. The van der Waals surface area contributed by atoms with Crippen molar-refractivity contribution in [2.24, 2.45) is 0 Å². The Kier molecular flexibility index (Phi) is 6.14. The van der Waals surface area contributed by atoms with E-state index >= 15 is 0 Å². The highest BCUT2D eigenvalue weighted by Gasteiger charge is 2.17. The predicted molar refractivity (Wildman–Crippen MR) is 94.6 cm³/mol. The summed E-state index contributed by atoms with van der Waals surface area (Å²) in [4.78, 5) is 22.4. The molecule has 0 aliphatic heterocycles. The summed E-state index contributed by atoms with van der Waals surface area (Å²) >= 11 is 11.8. The highest BCUT2D eigenvalue weighted by molar-refractivity contribution is 6.31. The van der Waals surface area contributed by atoms with Crippen LogP contribution < -0.4 is 10.6 Å². The molecule has 0 radical (unpaired) electrons. The van der Waals surface area contributed by atoms with Crippen LogP contribution in [0.5, 0.6) is 0 Å². The Morgan fingerprint density at radius 3 is 2.62 bits per heavy atom. The molecule has 1 amide bonds. The molecular formula is C16H15Cl2N3O3. The molecule has 6 nitrogen and oxygen atoms in total. The Morgan fingerprint density at radius 1 is 1.25 bits per heavy atom. The van der Waals surface area contributed by atoms with E-state index in [1.807, 2.05) is 25.1 Å². The van der Waals surface area contributed by atoms with Gasteiger partial charge in [0.25, 0.3) is 5.69 Å². The number of rotatable bonds is 6. The number of anilines is 1.